The summed E-state index contributed by atoms with van der Waals surface area (Å²) in [5, 5.41) is 0. The number of nitrogens with two attached hydrogens (primary N) is 2. The van der Waals surface area contributed by atoms with Crippen LogP contribution >= 0.6 is 0 Å². The Bertz CT molecular complexity index is 63.5. The summed E-state index contributed by atoms with van der Waals surface area (Å²) in [4.78, 5) is 0. The normalized spacial score (nSPS) is 12.5. The third-order valence-electron chi connectivity index (χ3n) is 1.91. The lowest BCUT2D eigenvalue weighted by molar-refractivity contribution is 0.920. The molecule has 11 heavy (non-hydrogen) atoms. The second-order valence-electron chi connectivity index (χ2n) is 3.05. The molecule has 0 unspecified atom stereocenters. The molecule has 0 atom stereocenters. The number of hydrogen-bond donors (Lipinski definition) is 2. The molecule has 0 spiro atoms. The Morgan fingerprint density at radius 3 is 1.64 bits per heavy atom. The Kier molecular flexibility index (Phi) is 10.7. The van der Waals surface area contributed by atoms with Crippen molar-refractivity contribution in [3.8, 4) is 0 Å². The highest BCUT2D eigenvalue weighted by atomic mass is 28.3. The van der Waals surface area contributed by atoms with Crippen LogP contribution in [0.3, 0.4) is 0 Å². The number of rotatable bonds is 8. The maximum absolute atomic E-state index is 5.41. The Balaban J connectivity index is 2.69. The topological polar surface area (TPSA) is 52.0 Å². The number of hydrogen-bond acceptors (Lipinski definition) is 2. The lowest BCUT2D eigenvalue weighted by Gasteiger charge is -1.97. The van der Waals surface area contributed by atoms with Gasteiger partial charge >= 0.3 is 0 Å². The predicted molar refractivity (Wildman–Crippen MR) is 58.9 cm³/mol. The van der Waals surface area contributed by atoms with Crippen LogP contribution in [0.1, 0.15) is 12.8 Å². The van der Waals surface area contributed by atoms with E-state index in [1.54, 1.807) is 5.67 Å². The van der Waals surface area contributed by atoms with Gasteiger partial charge in [-0.15, -0.1) is 0 Å². The van der Waals surface area contributed by atoms with E-state index in [4.69, 9.17) is 11.5 Å². The lowest BCUT2D eigenvalue weighted by Crippen LogP contribution is -2.04. The Morgan fingerprint density at radius 1 is 0.818 bits per heavy atom. The first kappa shape index (κ1) is 11.4. The van der Waals surface area contributed by atoms with Gasteiger partial charge in [0.05, 0.1) is 0 Å². The van der Waals surface area contributed by atoms with E-state index in [-0.39, 0.29) is 0 Å². The van der Waals surface area contributed by atoms with Crippen molar-refractivity contribution in [3.05, 3.63) is 0 Å². The average Bonchev–Trinajstić information content (AvgIpc) is 2.03. The molecule has 0 radical (unpaired) electrons. The summed E-state index contributed by atoms with van der Waals surface area (Å²) in [7, 11) is 0.627. The molecule has 0 heterocycles. The fraction of sp³-hybridized carbons (Fsp3) is 1.00. The zero-order chi connectivity index (χ0) is 8.36. The summed E-state index contributed by atoms with van der Waals surface area (Å²) in [5.74, 6) is 0. The van der Waals surface area contributed by atoms with E-state index >= 15 is 0 Å². The second kappa shape index (κ2) is 10.4. The first-order chi connectivity index (χ1) is 5.41. The summed E-state index contributed by atoms with van der Waals surface area (Å²) in [5.41, 5.74) is 12.5. The molecule has 0 fully saturated rings. The van der Waals surface area contributed by atoms with E-state index in [0.29, 0.717) is 19.0 Å². The van der Waals surface area contributed by atoms with E-state index in [2.05, 4.69) is 0 Å². The van der Waals surface area contributed by atoms with Crippen LogP contribution < -0.4 is 11.5 Å². The van der Waals surface area contributed by atoms with Crippen LogP contribution in [0, 0.1) is 0 Å². The molecule has 4 heteroatoms. The monoisotopic (exact) mass is 190 g/mol. The van der Waals surface area contributed by atoms with Crippen molar-refractivity contribution in [1.82, 2.24) is 0 Å². The van der Waals surface area contributed by atoms with Crippen molar-refractivity contribution >= 4 is 19.0 Å². The molecule has 0 aliphatic carbocycles. The standard InChI is InChI=1S/C7H22N2Si2/c8-3-1-5-10-7-11-6-2-4-9/h1-11H2. The molecule has 0 saturated carbocycles. The van der Waals surface area contributed by atoms with Crippen molar-refractivity contribution in [2.45, 2.75) is 30.6 Å². The molecule has 0 aromatic heterocycles. The van der Waals surface area contributed by atoms with E-state index < -0.39 is 0 Å². The highest BCUT2D eigenvalue weighted by Crippen LogP contribution is 1.93. The third-order valence-corrected chi connectivity index (χ3v) is 7.91. The van der Waals surface area contributed by atoms with Crippen LogP contribution in [0.15, 0.2) is 0 Å². The average molecular weight is 190 g/mol. The predicted octanol–water partition coefficient (Wildman–Crippen LogP) is -0.766. The first-order valence-electron chi connectivity index (χ1n) is 4.82. The van der Waals surface area contributed by atoms with Gasteiger partial charge in [-0.05, 0) is 25.9 Å². The Morgan fingerprint density at radius 2 is 1.27 bits per heavy atom. The smallest absolute Gasteiger partial charge is 0.0166 e. The maximum Gasteiger partial charge on any atom is 0.0166 e. The highest BCUT2D eigenvalue weighted by molar-refractivity contribution is 6.55. The molecule has 0 aliphatic rings. The highest BCUT2D eigenvalue weighted by Gasteiger charge is 1.90. The van der Waals surface area contributed by atoms with Gasteiger partial charge in [-0.25, -0.2) is 0 Å². The van der Waals surface area contributed by atoms with Gasteiger partial charge in [-0.1, -0.05) is 17.8 Å². The van der Waals surface area contributed by atoms with Crippen molar-refractivity contribution in [2.24, 2.45) is 11.5 Å². The van der Waals surface area contributed by atoms with E-state index in [1.807, 2.05) is 0 Å². The molecule has 4 N–H and O–H groups in total. The molecule has 0 bridgehead atoms. The van der Waals surface area contributed by atoms with Crippen LogP contribution in [-0.2, 0) is 0 Å². The van der Waals surface area contributed by atoms with Crippen molar-refractivity contribution in [2.75, 3.05) is 13.1 Å². The fourth-order valence-corrected chi connectivity index (χ4v) is 6.70. The molecule has 0 aromatic carbocycles. The molecule has 0 rings (SSSR count). The van der Waals surface area contributed by atoms with Crippen molar-refractivity contribution < 1.29 is 0 Å². The quantitative estimate of drug-likeness (QED) is 0.390. The molecule has 0 amide bonds. The van der Waals surface area contributed by atoms with Crippen LogP contribution in [0.2, 0.25) is 17.8 Å². The van der Waals surface area contributed by atoms with Gasteiger partial charge in [0.1, 0.15) is 0 Å². The summed E-state index contributed by atoms with van der Waals surface area (Å²) < 4.78 is 0. The van der Waals surface area contributed by atoms with Gasteiger partial charge in [0.25, 0.3) is 0 Å². The van der Waals surface area contributed by atoms with Crippen LogP contribution in [0.5, 0.6) is 0 Å². The van der Waals surface area contributed by atoms with Crippen LogP contribution in [0.25, 0.3) is 0 Å². The summed E-state index contributed by atoms with van der Waals surface area (Å²) >= 11 is 0. The van der Waals surface area contributed by atoms with Crippen molar-refractivity contribution in [1.29, 1.82) is 0 Å². The van der Waals surface area contributed by atoms with Gasteiger partial charge in [0, 0.05) is 19.0 Å². The minimum atomic E-state index is 0.313. The Labute approximate surface area is 74.8 Å². The first-order valence-corrected chi connectivity index (χ1v) is 8.82. The van der Waals surface area contributed by atoms with Crippen LogP contribution in [-0.4, -0.2) is 32.1 Å². The summed E-state index contributed by atoms with van der Waals surface area (Å²) in [6, 6.07) is 2.96. The molecule has 0 saturated heterocycles. The molecule has 0 aromatic rings. The SMILES string of the molecule is NCCC[SiH2]C[SiH2]CCCN. The third kappa shape index (κ3) is 10.4. The zero-order valence-corrected chi connectivity index (χ0v) is 10.3. The van der Waals surface area contributed by atoms with Gasteiger partial charge in [-0.2, -0.15) is 0 Å². The minimum absolute atomic E-state index is 0.313. The van der Waals surface area contributed by atoms with Gasteiger partial charge in [0.2, 0.25) is 0 Å². The van der Waals surface area contributed by atoms with E-state index in [9.17, 15) is 0 Å². The zero-order valence-electron chi connectivity index (χ0n) is 7.52. The van der Waals surface area contributed by atoms with Crippen molar-refractivity contribution in [3.63, 3.8) is 0 Å². The largest absolute Gasteiger partial charge is 0.330 e. The molecule has 68 valence electrons. The lowest BCUT2D eigenvalue weighted by atomic mass is 10.5. The van der Waals surface area contributed by atoms with Gasteiger partial charge in [-0.3, -0.25) is 0 Å². The molecule has 2 nitrogen and oxygen atoms in total. The molecule has 0 aliphatic heterocycles. The van der Waals surface area contributed by atoms with E-state index in [1.165, 1.54) is 24.9 Å². The summed E-state index contributed by atoms with van der Waals surface area (Å²) in [6.45, 7) is 1.80. The Hall–Kier alpha value is 0.354. The maximum atomic E-state index is 5.41. The van der Waals surface area contributed by atoms with E-state index in [0.717, 1.165) is 13.1 Å². The molecular formula is C7H22N2Si2. The van der Waals surface area contributed by atoms with Gasteiger partial charge < -0.3 is 11.5 Å². The van der Waals surface area contributed by atoms with Crippen LogP contribution in [0.4, 0.5) is 0 Å². The summed E-state index contributed by atoms with van der Waals surface area (Å²) in [6.07, 6.45) is 2.55. The fourth-order valence-electron chi connectivity index (χ4n) is 1.17. The molecular weight excluding hydrogens is 168 g/mol. The second-order valence-corrected chi connectivity index (χ2v) is 8.71. The minimum Gasteiger partial charge on any atom is -0.330 e. The van der Waals surface area contributed by atoms with Gasteiger partial charge in [0.15, 0.2) is 0 Å².